The van der Waals surface area contributed by atoms with E-state index in [0.717, 1.165) is 25.3 Å². The van der Waals surface area contributed by atoms with Gasteiger partial charge in [0.2, 0.25) is 0 Å². The number of unbranched alkanes of at least 4 members (excludes halogenated alkanes) is 1. The Labute approximate surface area is 128 Å². The fraction of sp³-hybridized carbons (Fsp3) is 0.714. The first-order chi connectivity index (χ1) is 10.0. The quantitative estimate of drug-likeness (QED) is 0.274. The molecule has 2 amide bonds. The van der Waals surface area contributed by atoms with Gasteiger partial charge < -0.3 is 19.4 Å². The van der Waals surface area contributed by atoms with E-state index in [1.165, 1.54) is 0 Å². The summed E-state index contributed by atoms with van der Waals surface area (Å²) < 4.78 is 15.9. The van der Waals surface area contributed by atoms with Crippen LogP contribution in [0.3, 0.4) is 0 Å². The van der Waals surface area contributed by atoms with Crippen molar-refractivity contribution in [3.05, 3.63) is 12.7 Å². The molecule has 6 nitrogen and oxygen atoms in total. The van der Waals surface area contributed by atoms with Crippen LogP contribution in [0.2, 0.25) is 12.6 Å². The summed E-state index contributed by atoms with van der Waals surface area (Å²) in [6, 6.07) is 0.492. The monoisotopic (exact) mass is 314 g/mol. The zero-order valence-electron chi connectivity index (χ0n) is 13.0. The Morgan fingerprint density at radius 2 is 2.00 bits per heavy atom. The fourth-order valence-electron chi connectivity index (χ4n) is 1.66. The van der Waals surface area contributed by atoms with Crippen molar-refractivity contribution in [2.24, 2.45) is 0 Å². The Balaban J connectivity index is 4.08. The number of hydrogen-bond acceptors (Lipinski definition) is 4. The van der Waals surface area contributed by atoms with Gasteiger partial charge in [-0.2, -0.15) is 0 Å². The van der Waals surface area contributed by atoms with E-state index in [9.17, 15) is 14.1 Å². The van der Waals surface area contributed by atoms with Crippen molar-refractivity contribution in [3.63, 3.8) is 0 Å². The van der Waals surface area contributed by atoms with E-state index in [1.54, 1.807) is 11.4 Å². The molecule has 0 aliphatic carbocycles. The highest BCUT2D eigenvalue weighted by Crippen LogP contribution is 2.01. The van der Waals surface area contributed by atoms with Crippen LogP contribution in [0.1, 0.15) is 26.2 Å². The first-order valence-electron chi connectivity index (χ1n) is 7.32. The van der Waals surface area contributed by atoms with Crippen molar-refractivity contribution < 1.29 is 18.8 Å². The van der Waals surface area contributed by atoms with Crippen molar-refractivity contribution >= 4 is 20.7 Å². The summed E-state index contributed by atoms with van der Waals surface area (Å²) in [7, 11) is -1.48. The van der Waals surface area contributed by atoms with Crippen LogP contribution in [0.5, 0.6) is 0 Å². The van der Waals surface area contributed by atoms with Crippen molar-refractivity contribution in [2.45, 2.75) is 38.8 Å². The van der Waals surface area contributed by atoms with E-state index in [2.05, 4.69) is 18.8 Å². The topological polar surface area (TPSA) is 75.7 Å². The summed E-state index contributed by atoms with van der Waals surface area (Å²) in [5.74, 6) is -0.500. The maximum absolute atomic E-state index is 12.0. The summed E-state index contributed by atoms with van der Waals surface area (Å²) >= 11 is 0. The number of carbonyl (C=O) groups is 2. The average molecular weight is 314 g/mol. The van der Waals surface area contributed by atoms with Crippen molar-refractivity contribution in [1.29, 1.82) is 0 Å². The Bertz CT molecular complexity index is 361. The molecule has 0 aliphatic rings. The minimum absolute atomic E-state index is 0.126. The number of rotatable bonds is 11. The molecule has 21 heavy (non-hydrogen) atoms. The lowest BCUT2D eigenvalue weighted by molar-refractivity contribution is -0.137. The van der Waals surface area contributed by atoms with Gasteiger partial charge in [-0.1, -0.05) is 19.9 Å². The number of ether oxygens (including phenoxy) is 1. The maximum Gasteiger partial charge on any atom is 0.330 e. The van der Waals surface area contributed by atoms with Gasteiger partial charge in [-0.25, -0.2) is 9.59 Å². The molecule has 0 unspecified atom stereocenters. The van der Waals surface area contributed by atoms with Crippen LogP contribution >= 0.6 is 0 Å². The fourth-order valence-corrected chi connectivity index (χ4v) is 2.32. The summed E-state index contributed by atoms with van der Waals surface area (Å²) in [4.78, 5) is 24.6. The Morgan fingerprint density at radius 1 is 1.33 bits per heavy atom. The normalized spacial score (nSPS) is 9.81. The summed E-state index contributed by atoms with van der Waals surface area (Å²) in [6.45, 7) is 8.76. The molecule has 0 aliphatic heterocycles. The largest absolute Gasteiger partial charge is 0.461 e. The molecule has 0 fully saturated rings. The van der Waals surface area contributed by atoms with Gasteiger partial charge in [-0.05, 0) is 25.4 Å². The molecule has 120 valence electrons. The van der Waals surface area contributed by atoms with Crippen LogP contribution in [0, 0.1) is 0 Å². The molecule has 0 rings (SSSR count). The van der Waals surface area contributed by atoms with E-state index in [-0.39, 0.29) is 19.2 Å². The lowest BCUT2D eigenvalue weighted by Gasteiger charge is -2.22. The summed E-state index contributed by atoms with van der Waals surface area (Å²) in [5.41, 5.74) is 0. The number of hydrogen-bond donors (Lipinski definition) is 1. The van der Waals surface area contributed by atoms with Crippen molar-refractivity contribution in [1.82, 2.24) is 10.2 Å². The molecule has 0 bridgehead atoms. The van der Waals surface area contributed by atoms with Crippen LogP contribution in [-0.2, 0) is 14.0 Å². The van der Waals surface area contributed by atoms with Gasteiger partial charge in [-0.3, -0.25) is 0 Å². The molecule has 0 heterocycles. The van der Waals surface area contributed by atoms with Gasteiger partial charge in [0.15, 0.2) is 0 Å². The molecule has 0 radical (unpaired) electrons. The van der Waals surface area contributed by atoms with E-state index in [0.29, 0.717) is 19.1 Å². The predicted octanol–water partition coefficient (Wildman–Crippen LogP) is 1.97. The highest BCUT2D eigenvalue weighted by molar-refractivity contribution is 6.40. The third-order valence-corrected chi connectivity index (χ3v) is 3.87. The minimum atomic E-state index is -1.48. The predicted molar refractivity (Wildman–Crippen MR) is 82.8 cm³/mol. The number of esters is 1. The van der Waals surface area contributed by atoms with Gasteiger partial charge >= 0.3 is 12.0 Å². The Hall–Kier alpha value is -1.50. The summed E-state index contributed by atoms with van der Waals surface area (Å²) in [6.07, 6.45) is 3.77. The standard InChI is InChI=1S/C14H26N2O4Si/c1-4-6-9-16(10-7-12-21(3)19)14(18)15-8-11-20-13(17)5-2/h5H,2,4,6-12H2,1,3H3,(H,15,18). The number of nitrogens with one attached hydrogen (secondary N) is 1. The third-order valence-electron chi connectivity index (χ3n) is 2.81. The van der Waals surface area contributed by atoms with E-state index >= 15 is 0 Å². The van der Waals surface area contributed by atoms with Crippen LogP contribution < -0.4 is 5.32 Å². The zero-order valence-corrected chi connectivity index (χ0v) is 14.0. The lowest BCUT2D eigenvalue weighted by Crippen LogP contribution is -2.42. The van der Waals surface area contributed by atoms with Crippen LogP contribution in [0.15, 0.2) is 12.7 Å². The number of amides is 2. The SMILES string of the molecule is C=CC(=O)OCCNC(=O)N(CCCC)CCC[Si](C)=O. The van der Waals surface area contributed by atoms with Gasteiger partial charge in [0.25, 0.3) is 8.68 Å². The Morgan fingerprint density at radius 3 is 2.57 bits per heavy atom. The van der Waals surface area contributed by atoms with Crippen molar-refractivity contribution in [2.75, 3.05) is 26.2 Å². The Kier molecular flexibility index (Phi) is 11.4. The molecule has 0 aromatic heterocycles. The van der Waals surface area contributed by atoms with Crippen molar-refractivity contribution in [3.8, 4) is 0 Å². The second-order valence-corrected chi connectivity index (χ2v) is 6.65. The summed E-state index contributed by atoms with van der Waals surface area (Å²) in [5, 5.41) is 2.71. The highest BCUT2D eigenvalue weighted by Gasteiger charge is 2.12. The third kappa shape index (κ3) is 10.9. The molecule has 1 N–H and O–H groups in total. The molecule has 0 spiro atoms. The number of carbonyl (C=O) groups excluding carboxylic acids is 2. The molecule has 0 saturated heterocycles. The number of nitrogens with zero attached hydrogens (tertiary/aromatic N) is 1. The van der Waals surface area contributed by atoms with E-state index < -0.39 is 14.7 Å². The van der Waals surface area contributed by atoms with E-state index in [1.807, 2.05) is 0 Å². The molecular weight excluding hydrogens is 288 g/mol. The lowest BCUT2D eigenvalue weighted by atomic mass is 10.3. The van der Waals surface area contributed by atoms with Gasteiger partial charge in [0.1, 0.15) is 6.61 Å². The van der Waals surface area contributed by atoms with Crippen LogP contribution in [0.25, 0.3) is 0 Å². The maximum atomic E-state index is 12.0. The minimum Gasteiger partial charge on any atom is -0.461 e. The molecule has 0 aromatic rings. The van der Waals surface area contributed by atoms with E-state index in [4.69, 9.17) is 4.74 Å². The highest BCUT2D eigenvalue weighted by atomic mass is 28.3. The molecule has 0 saturated carbocycles. The molecular formula is C14H26N2O4Si. The first kappa shape index (κ1) is 19.5. The molecule has 0 atom stereocenters. The average Bonchev–Trinajstić information content (AvgIpc) is 2.46. The smallest absolute Gasteiger partial charge is 0.330 e. The van der Waals surface area contributed by atoms with Crippen LogP contribution in [0.4, 0.5) is 4.79 Å². The molecule has 7 heteroatoms. The second-order valence-electron chi connectivity index (χ2n) is 4.75. The second kappa shape index (κ2) is 12.3. The van der Waals surface area contributed by atoms with Gasteiger partial charge in [-0.15, -0.1) is 0 Å². The van der Waals surface area contributed by atoms with Gasteiger partial charge in [0, 0.05) is 19.2 Å². The number of urea groups is 1. The van der Waals surface area contributed by atoms with Crippen LogP contribution in [-0.4, -0.2) is 51.8 Å². The molecule has 0 aromatic carbocycles. The van der Waals surface area contributed by atoms with Gasteiger partial charge in [0.05, 0.1) is 6.54 Å². The zero-order chi connectivity index (χ0) is 16.1. The first-order valence-corrected chi connectivity index (χ1v) is 9.44.